The van der Waals surface area contributed by atoms with Crippen LogP contribution in [0.4, 0.5) is 8.78 Å². The molecule has 0 radical (unpaired) electrons. The molecule has 0 aliphatic carbocycles. The van der Waals surface area contributed by atoms with Crippen LogP contribution in [0.25, 0.3) is 0 Å². The average molecular weight is 210 g/mol. The predicted octanol–water partition coefficient (Wildman–Crippen LogP) is 1.44. The minimum Gasteiger partial charge on any atom is -0.329 e. The summed E-state index contributed by atoms with van der Waals surface area (Å²) in [6.45, 7) is 2.45. The molecule has 1 aromatic rings. The lowest BCUT2D eigenvalue weighted by Crippen LogP contribution is -2.13. The molecule has 74 valence electrons. The summed E-state index contributed by atoms with van der Waals surface area (Å²) in [4.78, 5) is 0. The van der Waals surface area contributed by atoms with E-state index in [-0.39, 0.29) is 0 Å². The van der Waals surface area contributed by atoms with Gasteiger partial charge in [0, 0.05) is 12.2 Å². The Labute approximate surface area is 79.5 Å². The number of rotatable bonds is 3. The lowest BCUT2D eigenvalue weighted by atomic mass is 10.4. The Bertz CT molecular complexity index is 292. The Morgan fingerprint density at radius 1 is 1.69 bits per heavy atom. The number of halogens is 3. The largest absolute Gasteiger partial charge is 0.366 e. The zero-order valence-electron chi connectivity index (χ0n) is 7.10. The van der Waals surface area contributed by atoms with Gasteiger partial charge in [-0.25, -0.2) is 0 Å². The second kappa shape index (κ2) is 3.59. The Hall–Kier alpha value is -0.680. The van der Waals surface area contributed by atoms with E-state index >= 15 is 0 Å². The van der Waals surface area contributed by atoms with Gasteiger partial charge in [-0.1, -0.05) is 0 Å². The molecule has 1 heterocycles. The van der Waals surface area contributed by atoms with E-state index in [2.05, 4.69) is 5.10 Å². The van der Waals surface area contributed by atoms with Crippen molar-refractivity contribution < 1.29 is 8.78 Å². The summed E-state index contributed by atoms with van der Waals surface area (Å²) < 4.78 is 26.5. The van der Waals surface area contributed by atoms with E-state index in [4.69, 9.17) is 17.3 Å². The Morgan fingerprint density at radius 3 is 2.69 bits per heavy atom. The molecule has 0 saturated heterocycles. The second-order valence-electron chi connectivity index (χ2n) is 2.68. The first kappa shape index (κ1) is 10.4. The second-order valence-corrected chi connectivity index (χ2v) is 3.16. The van der Waals surface area contributed by atoms with Crippen LogP contribution >= 0.6 is 11.6 Å². The lowest BCUT2D eigenvalue weighted by Gasteiger charge is -2.02. The van der Waals surface area contributed by atoms with Gasteiger partial charge in [-0.05, 0) is 24.6 Å². The van der Waals surface area contributed by atoms with Gasteiger partial charge in [0.1, 0.15) is 5.69 Å². The van der Waals surface area contributed by atoms with E-state index in [1.54, 1.807) is 6.92 Å². The van der Waals surface area contributed by atoms with Gasteiger partial charge in [0.05, 0.1) is 6.54 Å². The van der Waals surface area contributed by atoms with Crippen LogP contribution in [0.2, 0.25) is 0 Å². The third-order valence-electron chi connectivity index (χ3n) is 1.61. The first-order valence-electron chi connectivity index (χ1n) is 3.77. The van der Waals surface area contributed by atoms with E-state index in [0.717, 1.165) is 0 Å². The molecule has 0 atom stereocenters. The number of alkyl halides is 3. The van der Waals surface area contributed by atoms with E-state index in [0.29, 0.717) is 18.8 Å². The number of hydrogen-bond acceptors (Lipinski definition) is 2. The molecule has 0 aromatic carbocycles. The molecular formula is C7H10ClF2N3. The highest BCUT2D eigenvalue weighted by Crippen LogP contribution is 2.31. The minimum atomic E-state index is -3.40. The van der Waals surface area contributed by atoms with E-state index < -0.39 is 11.1 Å². The summed E-state index contributed by atoms with van der Waals surface area (Å²) in [5, 5.41) is 0.227. The number of aryl methyl sites for hydroxylation is 1. The van der Waals surface area contributed by atoms with Crippen LogP contribution < -0.4 is 5.73 Å². The summed E-state index contributed by atoms with van der Waals surface area (Å²) in [6.07, 6.45) is 0. The SMILES string of the molecule is Cc1cc(C(F)(F)Cl)nn1CCN. The molecule has 0 unspecified atom stereocenters. The summed E-state index contributed by atoms with van der Waals surface area (Å²) in [5.74, 6) is 0. The van der Waals surface area contributed by atoms with Crippen molar-refractivity contribution in [3.8, 4) is 0 Å². The molecule has 1 rings (SSSR count). The van der Waals surface area contributed by atoms with Gasteiger partial charge in [-0.3, -0.25) is 4.68 Å². The van der Waals surface area contributed by atoms with Gasteiger partial charge >= 0.3 is 5.38 Å². The highest BCUT2D eigenvalue weighted by molar-refractivity contribution is 6.21. The van der Waals surface area contributed by atoms with Crippen molar-refractivity contribution in [3.63, 3.8) is 0 Å². The molecular weight excluding hydrogens is 200 g/mol. The molecule has 1 aromatic heterocycles. The van der Waals surface area contributed by atoms with Crippen LogP contribution in [0.1, 0.15) is 11.4 Å². The van der Waals surface area contributed by atoms with Crippen LogP contribution in [0.15, 0.2) is 6.07 Å². The highest BCUT2D eigenvalue weighted by Gasteiger charge is 2.31. The standard InChI is InChI=1S/C7H10ClF2N3/c1-5-4-6(7(8,9)10)12-13(5)3-2-11/h4H,2-3,11H2,1H3. The molecule has 0 bridgehead atoms. The third-order valence-corrected chi connectivity index (χ3v) is 1.81. The predicted molar refractivity (Wildman–Crippen MR) is 45.8 cm³/mol. The van der Waals surface area contributed by atoms with Crippen molar-refractivity contribution in [2.45, 2.75) is 18.9 Å². The Kier molecular flexibility index (Phi) is 2.87. The fourth-order valence-corrected chi connectivity index (χ4v) is 1.09. The maximum Gasteiger partial charge on any atom is 0.366 e. The quantitative estimate of drug-likeness (QED) is 0.766. The average Bonchev–Trinajstić information content (AvgIpc) is 2.32. The number of aromatic nitrogens is 2. The maximum absolute atomic E-state index is 12.5. The van der Waals surface area contributed by atoms with E-state index in [1.807, 2.05) is 0 Å². The van der Waals surface area contributed by atoms with Gasteiger partial charge in [0.15, 0.2) is 0 Å². The van der Waals surface area contributed by atoms with Gasteiger partial charge in [-0.15, -0.1) is 0 Å². The maximum atomic E-state index is 12.5. The molecule has 3 nitrogen and oxygen atoms in total. The number of hydrogen-bond donors (Lipinski definition) is 1. The van der Waals surface area contributed by atoms with Crippen molar-refractivity contribution in [1.82, 2.24) is 9.78 Å². The topological polar surface area (TPSA) is 43.8 Å². The molecule has 0 fully saturated rings. The van der Waals surface area contributed by atoms with Crippen LogP contribution in [0, 0.1) is 6.92 Å². The molecule has 0 aliphatic heterocycles. The first-order valence-corrected chi connectivity index (χ1v) is 4.14. The van der Waals surface area contributed by atoms with Gasteiger partial charge in [0.25, 0.3) is 0 Å². The van der Waals surface area contributed by atoms with Crippen molar-refractivity contribution in [2.75, 3.05) is 6.54 Å². The molecule has 0 saturated carbocycles. The van der Waals surface area contributed by atoms with Crippen molar-refractivity contribution >= 4 is 11.6 Å². The van der Waals surface area contributed by atoms with Gasteiger partial charge < -0.3 is 5.73 Å². The van der Waals surface area contributed by atoms with Crippen molar-refractivity contribution in [3.05, 3.63) is 17.5 Å². The molecule has 2 N–H and O–H groups in total. The van der Waals surface area contributed by atoms with Gasteiger partial charge in [0.2, 0.25) is 0 Å². The van der Waals surface area contributed by atoms with E-state index in [9.17, 15) is 8.78 Å². The van der Waals surface area contributed by atoms with Gasteiger partial charge in [-0.2, -0.15) is 13.9 Å². The zero-order chi connectivity index (χ0) is 10.1. The number of nitrogens with two attached hydrogens (primary N) is 1. The molecule has 6 heteroatoms. The van der Waals surface area contributed by atoms with Crippen LogP contribution in [0.3, 0.4) is 0 Å². The summed E-state index contributed by atoms with van der Waals surface area (Å²) in [5.41, 5.74) is 5.46. The Balaban J connectivity index is 2.95. The van der Waals surface area contributed by atoms with E-state index in [1.165, 1.54) is 10.7 Å². The summed E-state index contributed by atoms with van der Waals surface area (Å²) >= 11 is 4.80. The molecule has 0 spiro atoms. The van der Waals surface area contributed by atoms with Crippen LogP contribution in [0.5, 0.6) is 0 Å². The fourth-order valence-electron chi connectivity index (χ4n) is 0.997. The monoisotopic (exact) mass is 209 g/mol. The third kappa shape index (κ3) is 2.38. The van der Waals surface area contributed by atoms with Crippen LogP contribution in [-0.2, 0) is 11.9 Å². The normalized spacial score (nSPS) is 12.1. The minimum absolute atomic E-state index is 0.357. The van der Waals surface area contributed by atoms with Crippen molar-refractivity contribution in [1.29, 1.82) is 0 Å². The Morgan fingerprint density at radius 2 is 2.31 bits per heavy atom. The summed E-state index contributed by atoms with van der Waals surface area (Å²) in [7, 11) is 0. The molecule has 13 heavy (non-hydrogen) atoms. The lowest BCUT2D eigenvalue weighted by molar-refractivity contribution is 0.0891. The zero-order valence-corrected chi connectivity index (χ0v) is 7.85. The smallest absolute Gasteiger partial charge is 0.329 e. The highest BCUT2D eigenvalue weighted by atomic mass is 35.5. The van der Waals surface area contributed by atoms with Crippen LogP contribution in [-0.4, -0.2) is 16.3 Å². The molecule has 0 amide bonds. The first-order chi connectivity index (χ1) is 5.95. The number of nitrogens with zero attached hydrogens (tertiary/aromatic N) is 2. The summed E-state index contributed by atoms with van der Waals surface area (Å²) in [6, 6.07) is 1.25. The van der Waals surface area contributed by atoms with Crippen molar-refractivity contribution in [2.24, 2.45) is 5.73 Å². The fraction of sp³-hybridized carbons (Fsp3) is 0.571. The molecule has 0 aliphatic rings.